The lowest BCUT2D eigenvalue weighted by molar-refractivity contribution is 0.0600. The Kier molecular flexibility index (Phi) is 7.98. The molecule has 1 heterocycles. The van der Waals surface area contributed by atoms with E-state index in [4.69, 9.17) is 15.6 Å². The van der Waals surface area contributed by atoms with Crippen molar-refractivity contribution < 1.29 is 9.53 Å². The average Bonchev–Trinajstić information content (AvgIpc) is 3.21. The molecule has 0 radical (unpaired) electrons. The number of ether oxygens (including phenoxy) is 1. The minimum absolute atomic E-state index is 0.345. The maximum absolute atomic E-state index is 11.7. The molecule has 1 aromatic heterocycles. The van der Waals surface area contributed by atoms with Crippen LogP contribution in [-0.4, -0.2) is 54.9 Å². The Bertz CT molecular complexity index is 976. The summed E-state index contributed by atoms with van der Waals surface area (Å²) in [6.45, 7) is 1.73. The number of aromatic nitrogens is 2. The summed E-state index contributed by atoms with van der Waals surface area (Å²) in [5.74, 6) is -0.345. The van der Waals surface area contributed by atoms with Gasteiger partial charge in [-0.25, -0.2) is 9.48 Å². The van der Waals surface area contributed by atoms with Gasteiger partial charge in [0.05, 0.1) is 24.1 Å². The molecule has 0 bridgehead atoms. The molecule has 0 saturated carbocycles. The number of nitrogens with two attached hydrogens (primary N) is 1. The van der Waals surface area contributed by atoms with Gasteiger partial charge in [0, 0.05) is 11.8 Å². The maximum atomic E-state index is 11.7. The summed E-state index contributed by atoms with van der Waals surface area (Å²) in [5, 5.41) is 4.87. The Balaban J connectivity index is 1.84. The molecule has 164 valence electrons. The number of carbonyl (C=O) groups excluding carboxylic acids is 1. The van der Waals surface area contributed by atoms with Gasteiger partial charge < -0.3 is 15.4 Å². The van der Waals surface area contributed by atoms with E-state index in [-0.39, 0.29) is 5.97 Å². The molecule has 2 N–H and O–H groups in total. The predicted molar refractivity (Wildman–Crippen MR) is 125 cm³/mol. The fraction of sp³-hybridized carbons (Fsp3) is 0.360. The second kappa shape index (κ2) is 10.9. The van der Waals surface area contributed by atoms with Gasteiger partial charge >= 0.3 is 5.97 Å². The highest BCUT2D eigenvalue weighted by molar-refractivity contribution is 5.89. The first kappa shape index (κ1) is 22.7. The molecule has 0 fully saturated rings. The van der Waals surface area contributed by atoms with Crippen molar-refractivity contribution in [2.75, 3.05) is 34.3 Å². The second-order valence-corrected chi connectivity index (χ2v) is 7.98. The first-order valence-corrected chi connectivity index (χ1v) is 10.7. The maximum Gasteiger partial charge on any atom is 0.337 e. The molecule has 6 nitrogen and oxygen atoms in total. The summed E-state index contributed by atoms with van der Waals surface area (Å²) < 4.78 is 6.65. The van der Waals surface area contributed by atoms with Crippen molar-refractivity contribution in [3.8, 4) is 16.9 Å². The van der Waals surface area contributed by atoms with Crippen molar-refractivity contribution >= 4 is 5.97 Å². The minimum atomic E-state index is -0.345. The van der Waals surface area contributed by atoms with Gasteiger partial charge in [-0.15, -0.1) is 0 Å². The van der Waals surface area contributed by atoms with Crippen LogP contribution >= 0.6 is 0 Å². The molecule has 2 aromatic carbocycles. The molecule has 0 atom stereocenters. The van der Waals surface area contributed by atoms with Gasteiger partial charge in [0.1, 0.15) is 0 Å². The monoisotopic (exact) mass is 420 g/mol. The van der Waals surface area contributed by atoms with Crippen molar-refractivity contribution in [2.24, 2.45) is 5.73 Å². The third-order valence-electron chi connectivity index (χ3n) is 5.29. The number of esters is 1. The third-order valence-corrected chi connectivity index (χ3v) is 5.29. The van der Waals surface area contributed by atoms with E-state index in [2.05, 4.69) is 49.5 Å². The summed E-state index contributed by atoms with van der Waals surface area (Å²) in [7, 11) is 5.59. The van der Waals surface area contributed by atoms with Crippen LogP contribution in [0.15, 0.2) is 54.7 Å². The molecule has 6 heteroatoms. The highest BCUT2D eigenvalue weighted by atomic mass is 16.5. The SMILES string of the molecule is COC(=O)c1ccc(-n2cc(CCCN)c(-c3ccc(CCCN(C)C)cc3)n2)cc1. The molecule has 0 spiro atoms. The first-order chi connectivity index (χ1) is 15.0. The lowest BCUT2D eigenvalue weighted by Crippen LogP contribution is -2.13. The Hall–Kier alpha value is -2.96. The Morgan fingerprint density at radius 3 is 2.35 bits per heavy atom. The largest absolute Gasteiger partial charge is 0.465 e. The molecular formula is C25H32N4O2. The molecule has 0 saturated heterocycles. The molecule has 0 aliphatic heterocycles. The molecule has 3 rings (SSSR count). The number of hydrogen-bond acceptors (Lipinski definition) is 5. The lowest BCUT2D eigenvalue weighted by Gasteiger charge is -2.09. The molecule has 0 unspecified atom stereocenters. The van der Waals surface area contributed by atoms with E-state index < -0.39 is 0 Å². The van der Waals surface area contributed by atoms with Gasteiger partial charge in [-0.05, 0) is 88.3 Å². The molecule has 3 aromatic rings. The molecule has 31 heavy (non-hydrogen) atoms. The summed E-state index contributed by atoms with van der Waals surface area (Å²) in [5.41, 5.74) is 11.8. The molecule has 0 amide bonds. The van der Waals surface area contributed by atoms with E-state index in [0.29, 0.717) is 12.1 Å². The van der Waals surface area contributed by atoms with Crippen LogP contribution < -0.4 is 5.73 Å². The summed E-state index contributed by atoms with van der Waals surface area (Å²) >= 11 is 0. The van der Waals surface area contributed by atoms with Crippen LogP contribution in [0.2, 0.25) is 0 Å². The van der Waals surface area contributed by atoms with E-state index in [1.165, 1.54) is 18.2 Å². The van der Waals surface area contributed by atoms with Crippen molar-refractivity contribution in [3.05, 3.63) is 71.4 Å². The van der Waals surface area contributed by atoms with Gasteiger partial charge in [-0.2, -0.15) is 5.10 Å². The number of rotatable bonds is 10. The molecular weight excluding hydrogens is 388 g/mol. The highest BCUT2D eigenvalue weighted by Gasteiger charge is 2.13. The van der Waals surface area contributed by atoms with Crippen molar-refractivity contribution in [3.63, 3.8) is 0 Å². The Morgan fingerprint density at radius 2 is 1.74 bits per heavy atom. The van der Waals surface area contributed by atoms with Gasteiger partial charge in [-0.3, -0.25) is 0 Å². The molecule has 0 aliphatic rings. The third kappa shape index (κ3) is 6.03. The number of methoxy groups -OCH3 is 1. The zero-order valence-electron chi connectivity index (χ0n) is 18.7. The minimum Gasteiger partial charge on any atom is -0.465 e. The number of benzene rings is 2. The van der Waals surface area contributed by atoms with E-state index in [1.807, 2.05) is 16.8 Å². The van der Waals surface area contributed by atoms with Crippen LogP contribution in [-0.2, 0) is 17.6 Å². The topological polar surface area (TPSA) is 73.4 Å². The zero-order valence-corrected chi connectivity index (χ0v) is 18.7. The summed E-state index contributed by atoms with van der Waals surface area (Å²) in [6.07, 6.45) is 6.05. The number of nitrogens with zero attached hydrogens (tertiary/aromatic N) is 3. The van der Waals surface area contributed by atoms with Gasteiger partial charge in [0.25, 0.3) is 0 Å². The normalized spacial score (nSPS) is 11.1. The van der Waals surface area contributed by atoms with Crippen LogP contribution in [0.1, 0.15) is 34.3 Å². The Morgan fingerprint density at radius 1 is 1.03 bits per heavy atom. The van der Waals surface area contributed by atoms with Crippen molar-refractivity contribution in [1.82, 2.24) is 14.7 Å². The summed E-state index contributed by atoms with van der Waals surface area (Å²) in [6, 6.07) is 16.0. The lowest BCUT2D eigenvalue weighted by atomic mass is 10.0. The van der Waals surface area contributed by atoms with Crippen molar-refractivity contribution in [2.45, 2.75) is 25.7 Å². The van der Waals surface area contributed by atoms with Crippen LogP contribution in [0.3, 0.4) is 0 Å². The number of aryl methyl sites for hydroxylation is 2. The highest BCUT2D eigenvalue weighted by Crippen LogP contribution is 2.26. The van der Waals surface area contributed by atoms with E-state index >= 15 is 0 Å². The van der Waals surface area contributed by atoms with Crippen LogP contribution in [0.25, 0.3) is 16.9 Å². The standard InChI is InChI=1S/C25H32N4O2/c1-28(2)17-5-6-19-8-10-20(11-9-19)24-22(7-4-16-26)18-29(27-24)23-14-12-21(13-15-23)25(30)31-3/h8-15,18H,4-7,16-17,26H2,1-3H3. The van der Waals surface area contributed by atoms with Gasteiger partial charge in [0.15, 0.2) is 0 Å². The van der Waals surface area contributed by atoms with Crippen LogP contribution in [0.5, 0.6) is 0 Å². The molecule has 0 aliphatic carbocycles. The predicted octanol–water partition coefficient (Wildman–Crippen LogP) is 3.71. The number of carbonyl (C=O) groups is 1. The fourth-order valence-electron chi connectivity index (χ4n) is 3.56. The van der Waals surface area contributed by atoms with E-state index in [1.54, 1.807) is 12.1 Å². The fourth-order valence-corrected chi connectivity index (χ4v) is 3.56. The van der Waals surface area contributed by atoms with E-state index in [9.17, 15) is 4.79 Å². The Labute approximate surface area is 184 Å². The summed E-state index contributed by atoms with van der Waals surface area (Å²) in [4.78, 5) is 13.9. The average molecular weight is 421 g/mol. The van der Waals surface area contributed by atoms with Crippen LogP contribution in [0, 0.1) is 0 Å². The van der Waals surface area contributed by atoms with Gasteiger partial charge in [0.2, 0.25) is 0 Å². The smallest absolute Gasteiger partial charge is 0.337 e. The quantitative estimate of drug-likeness (QED) is 0.506. The van der Waals surface area contributed by atoms with Gasteiger partial charge in [-0.1, -0.05) is 24.3 Å². The van der Waals surface area contributed by atoms with Crippen molar-refractivity contribution in [1.29, 1.82) is 0 Å². The van der Waals surface area contributed by atoms with E-state index in [0.717, 1.165) is 49.2 Å². The second-order valence-electron chi connectivity index (χ2n) is 7.98. The number of hydrogen-bond donors (Lipinski definition) is 1. The van der Waals surface area contributed by atoms with Crippen LogP contribution in [0.4, 0.5) is 0 Å². The first-order valence-electron chi connectivity index (χ1n) is 10.7. The zero-order chi connectivity index (χ0) is 22.2.